The van der Waals surface area contributed by atoms with Crippen molar-refractivity contribution >= 4 is 11.6 Å². The summed E-state index contributed by atoms with van der Waals surface area (Å²) in [6, 6.07) is 0. The van der Waals surface area contributed by atoms with Gasteiger partial charge >= 0.3 is 0 Å². The molecule has 8 heavy (non-hydrogen) atoms. The number of halogens is 1. The lowest BCUT2D eigenvalue weighted by molar-refractivity contribution is 1.39. The van der Waals surface area contributed by atoms with Gasteiger partial charge in [0.1, 0.15) is 5.16 Å². The maximum absolute atomic E-state index is 5.41. The molecule has 0 atom stereocenters. The van der Waals surface area contributed by atoms with Crippen LogP contribution >= 0.6 is 11.6 Å². The van der Waals surface area contributed by atoms with E-state index in [4.69, 9.17) is 17.3 Å². The van der Waals surface area contributed by atoms with Gasteiger partial charge in [-0.1, -0.05) is 23.8 Å². The van der Waals surface area contributed by atoms with Gasteiger partial charge in [0.05, 0.1) is 0 Å². The predicted octanol–water partition coefficient (Wildman–Crippen LogP) is 1.99. The molecular formula is C6H10ClN. The Bertz CT molecular complexity index is 120. The Morgan fingerprint density at radius 3 is 2.25 bits per heavy atom. The molecule has 0 unspecified atom stereocenters. The van der Waals surface area contributed by atoms with Crippen LogP contribution in [0.25, 0.3) is 0 Å². The summed E-state index contributed by atoms with van der Waals surface area (Å²) < 4.78 is 0. The number of hydrogen-bond donors (Lipinski definition) is 1. The third-order valence-electron chi connectivity index (χ3n) is 0.793. The Hall–Kier alpha value is -0.430. The first kappa shape index (κ1) is 7.57. The van der Waals surface area contributed by atoms with E-state index in [0.717, 1.165) is 5.57 Å². The van der Waals surface area contributed by atoms with Crippen molar-refractivity contribution in [3.63, 3.8) is 0 Å². The molecule has 0 amide bonds. The first-order valence-electron chi connectivity index (χ1n) is 2.43. The van der Waals surface area contributed by atoms with Gasteiger partial charge in [-0.3, -0.25) is 0 Å². The van der Waals surface area contributed by atoms with Gasteiger partial charge in [0.2, 0.25) is 0 Å². The monoisotopic (exact) mass is 131 g/mol. The van der Waals surface area contributed by atoms with E-state index in [1.165, 1.54) is 0 Å². The fourth-order valence-electron chi connectivity index (χ4n) is 0.330. The lowest BCUT2D eigenvalue weighted by Gasteiger charge is -1.89. The molecule has 0 fully saturated rings. The van der Waals surface area contributed by atoms with E-state index in [1.807, 2.05) is 26.0 Å². The first-order chi connectivity index (χ1) is 3.68. The number of allylic oxidation sites excluding steroid dienone is 3. The Labute approximate surface area is 54.8 Å². The van der Waals surface area contributed by atoms with Crippen LogP contribution in [0.5, 0.6) is 0 Å². The molecule has 0 aliphatic rings. The maximum atomic E-state index is 5.41. The van der Waals surface area contributed by atoms with E-state index in [0.29, 0.717) is 5.16 Å². The molecule has 0 aliphatic carbocycles. The molecule has 0 aromatic rings. The summed E-state index contributed by atoms with van der Waals surface area (Å²) in [6.07, 6.45) is 3.76. The molecule has 2 N–H and O–H groups in total. The van der Waals surface area contributed by atoms with Crippen molar-refractivity contribution in [1.29, 1.82) is 0 Å². The van der Waals surface area contributed by atoms with Crippen LogP contribution in [0.3, 0.4) is 0 Å². The van der Waals surface area contributed by atoms with Crippen molar-refractivity contribution in [1.82, 2.24) is 0 Å². The summed E-state index contributed by atoms with van der Waals surface area (Å²) in [5.74, 6) is 0. The summed E-state index contributed by atoms with van der Waals surface area (Å²) in [7, 11) is 0. The Kier molecular flexibility index (Phi) is 3.37. The van der Waals surface area contributed by atoms with Gasteiger partial charge in [-0.25, -0.2) is 0 Å². The summed E-state index contributed by atoms with van der Waals surface area (Å²) >= 11 is 5.41. The topological polar surface area (TPSA) is 26.0 Å². The van der Waals surface area contributed by atoms with Gasteiger partial charge in [-0.2, -0.15) is 0 Å². The van der Waals surface area contributed by atoms with Gasteiger partial charge in [0.25, 0.3) is 0 Å². The van der Waals surface area contributed by atoms with Crippen LogP contribution in [-0.4, -0.2) is 0 Å². The van der Waals surface area contributed by atoms with Crippen LogP contribution in [-0.2, 0) is 0 Å². The zero-order valence-corrected chi connectivity index (χ0v) is 5.87. The largest absolute Gasteiger partial charge is 0.389 e. The molecule has 0 aromatic heterocycles. The molecule has 0 radical (unpaired) electrons. The lowest BCUT2D eigenvalue weighted by atomic mass is 10.3. The van der Waals surface area contributed by atoms with Gasteiger partial charge in [0.15, 0.2) is 0 Å². The number of rotatable bonds is 1. The zero-order valence-electron chi connectivity index (χ0n) is 5.11. The molecule has 46 valence electrons. The number of hydrogen-bond acceptors (Lipinski definition) is 1. The second-order valence-electron chi connectivity index (χ2n) is 1.53. The van der Waals surface area contributed by atoms with Crippen LogP contribution in [0, 0.1) is 0 Å². The third-order valence-corrected chi connectivity index (χ3v) is 1.09. The molecule has 0 heterocycles. The fraction of sp³-hybridized carbons (Fsp3) is 0.333. The van der Waals surface area contributed by atoms with Crippen LogP contribution in [0.1, 0.15) is 13.8 Å². The Morgan fingerprint density at radius 2 is 2.12 bits per heavy atom. The highest BCUT2D eigenvalue weighted by molar-refractivity contribution is 6.29. The molecule has 0 spiro atoms. The normalized spacial score (nSPS) is 14.4. The van der Waals surface area contributed by atoms with E-state index >= 15 is 0 Å². The minimum Gasteiger partial charge on any atom is -0.389 e. The molecule has 0 saturated carbocycles. The van der Waals surface area contributed by atoms with E-state index in [2.05, 4.69) is 0 Å². The maximum Gasteiger partial charge on any atom is 0.102 e. The van der Waals surface area contributed by atoms with Gasteiger partial charge < -0.3 is 5.73 Å². The molecule has 2 heteroatoms. The minimum atomic E-state index is 0.364. The molecule has 0 rings (SSSR count). The van der Waals surface area contributed by atoms with Gasteiger partial charge in [-0.05, 0) is 19.4 Å². The standard InChI is InChI=1S/C6H10ClN/c1-3-4-5(2)6(7)8/h3-4H,8H2,1-2H3/b4-3-,6-5-. The SMILES string of the molecule is C/C=C\C(C)=C(/N)Cl. The molecule has 1 nitrogen and oxygen atoms in total. The average Bonchev–Trinajstić information content (AvgIpc) is 1.67. The summed E-state index contributed by atoms with van der Waals surface area (Å²) in [5.41, 5.74) is 6.13. The predicted molar refractivity (Wildman–Crippen MR) is 37.6 cm³/mol. The highest BCUT2D eigenvalue weighted by atomic mass is 35.5. The van der Waals surface area contributed by atoms with Gasteiger partial charge in [-0.15, -0.1) is 0 Å². The van der Waals surface area contributed by atoms with E-state index < -0.39 is 0 Å². The quantitative estimate of drug-likeness (QED) is 0.428. The minimum absolute atomic E-state index is 0.364. The van der Waals surface area contributed by atoms with Gasteiger partial charge in [0, 0.05) is 0 Å². The highest BCUT2D eigenvalue weighted by Crippen LogP contribution is 2.02. The smallest absolute Gasteiger partial charge is 0.102 e. The van der Waals surface area contributed by atoms with Crippen molar-refractivity contribution in [3.8, 4) is 0 Å². The van der Waals surface area contributed by atoms with Crippen molar-refractivity contribution < 1.29 is 0 Å². The number of nitrogens with two attached hydrogens (primary N) is 1. The van der Waals surface area contributed by atoms with Crippen LogP contribution < -0.4 is 5.73 Å². The van der Waals surface area contributed by atoms with E-state index in [9.17, 15) is 0 Å². The second-order valence-corrected chi connectivity index (χ2v) is 1.94. The Balaban J connectivity index is 4.00. The summed E-state index contributed by atoms with van der Waals surface area (Å²) in [4.78, 5) is 0. The molecule has 0 aliphatic heterocycles. The zero-order chi connectivity index (χ0) is 6.57. The summed E-state index contributed by atoms with van der Waals surface area (Å²) in [6.45, 7) is 3.78. The lowest BCUT2D eigenvalue weighted by Crippen LogP contribution is -1.89. The van der Waals surface area contributed by atoms with E-state index in [1.54, 1.807) is 0 Å². The van der Waals surface area contributed by atoms with Crippen LogP contribution in [0.15, 0.2) is 22.9 Å². The van der Waals surface area contributed by atoms with Crippen molar-refractivity contribution in [2.75, 3.05) is 0 Å². The summed E-state index contributed by atoms with van der Waals surface area (Å²) in [5, 5.41) is 0.364. The fourth-order valence-corrected chi connectivity index (χ4v) is 0.393. The van der Waals surface area contributed by atoms with Crippen molar-refractivity contribution in [2.45, 2.75) is 13.8 Å². The van der Waals surface area contributed by atoms with E-state index in [-0.39, 0.29) is 0 Å². The Morgan fingerprint density at radius 1 is 1.62 bits per heavy atom. The van der Waals surface area contributed by atoms with Crippen LogP contribution in [0.2, 0.25) is 0 Å². The molecule has 0 aromatic carbocycles. The molecule has 0 bridgehead atoms. The van der Waals surface area contributed by atoms with Crippen LogP contribution in [0.4, 0.5) is 0 Å². The molecular weight excluding hydrogens is 122 g/mol. The van der Waals surface area contributed by atoms with Crippen molar-refractivity contribution in [2.24, 2.45) is 5.73 Å². The first-order valence-corrected chi connectivity index (χ1v) is 2.80. The second kappa shape index (κ2) is 3.56. The average molecular weight is 132 g/mol. The van der Waals surface area contributed by atoms with Crippen molar-refractivity contribution in [3.05, 3.63) is 22.9 Å². The molecule has 0 saturated heterocycles. The third kappa shape index (κ3) is 2.69. The highest BCUT2D eigenvalue weighted by Gasteiger charge is 1.84.